The third kappa shape index (κ3) is 5.12. The number of nitrogens with one attached hydrogen (secondary N) is 1. The number of benzene rings is 1. The second-order valence-electron chi connectivity index (χ2n) is 3.13. The van der Waals surface area contributed by atoms with Crippen molar-refractivity contribution in [3.8, 4) is 0 Å². The van der Waals surface area contributed by atoms with Gasteiger partial charge in [-0.1, -0.05) is 0 Å². The number of rotatable bonds is 3. The average molecular weight is 339 g/mol. The smallest absolute Gasteiger partial charge is 0.239 e. The lowest BCUT2D eigenvalue weighted by atomic mass is 10.3. The van der Waals surface area contributed by atoms with Gasteiger partial charge in [0.15, 0.2) is 9.84 Å². The molecule has 0 aromatic heterocycles. The van der Waals surface area contributed by atoms with Gasteiger partial charge in [-0.3, -0.25) is 4.79 Å². The number of amides is 1. The molecule has 0 radical (unpaired) electrons. The van der Waals surface area contributed by atoms with Gasteiger partial charge in [0.25, 0.3) is 0 Å². The average Bonchev–Trinajstić information content (AvgIpc) is 2.05. The summed E-state index contributed by atoms with van der Waals surface area (Å²) in [5.74, 6) is -1.00. The molecule has 1 rings (SSSR count). The van der Waals surface area contributed by atoms with Crippen LogP contribution in [0.2, 0.25) is 0 Å². The molecule has 0 fully saturated rings. The maximum atomic E-state index is 11.2. The predicted molar refractivity (Wildman–Crippen MR) is 67.5 cm³/mol. The highest BCUT2D eigenvalue weighted by molar-refractivity contribution is 14.1. The molecule has 0 aliphatic heterocycles. The SMILES string of the molecule is CS(=O)(=O)CC(=O)Nc1ccc(I)cc1. The van der Waals surface area contributed by atoms with Gasteiger partial charge in [-0.25, -0.2) is 8.42 Å². The summed E-state index contributed by atoms with van der Waals surface area (Å²) in [6, 6.07) is 7.11. The van der Waals surface area contributed by atoms with Gasteiger partial charge < -0.3 is 5.32 Å². The molecule has 82 valence electrons. The molecule has 0 spiro atoms. The van der Waals surface area contributed by atoms with E-state index in [4.69, 9.17) is 0 Å². The third-order valence-electron chi connectivity index (χ3n) is 1.52. The normalized spacial score (nSPS) is 11.1. The van der Waals surface area contributed by atoms with Crippen LogP contribution in [0.4, 0.5) is 5.69 Å². The molecule has 0 saturated heterocycles. The Morgan fingerprint density at radius 1 is 1.33 bits per heavy atom. The van der Waals surface area contributed by atoms with E-state index in [1.807, 2.05) is 12.1 Å². The highest BCUT2D eigenvalue weighted by Crippen LogP contribution is 2.10. The highest BCUT2D eigenvalue weighted by Gasteiger charge is 2.10. The first-order valence-electron chi connectivity index (χ1n) is 4.10. The van der Waals surface area contributed by atoms with Crippen LogP contribution in [0.25, 0.3) is 0 Å². The summed E-state index contributed by atoms with van der Waals surface area (Å²) >= 11 is 2.14. The lowest BCUT2D eigenvalue weighted by molar-refractivity contribution is -0.113. The van der Waals surface area contributed by atoms with Gasteiger partial charge in [-0.2, -0.15) is 0 Å². The highest BCUT2D eigenvalue weighted by atomic mass is 127. The molecule has 1 amide bonds. The Labute approximate surface area is 102 Å². The summed E-state index contributed by atoms with van der Waals surface area (Å²) in [5, 5.41) is 2.50. The molecular weight excluding hydrogens is 329 g/mol. The zero-order valence-corrected chi connectivity index (χ0v) is 11.0. The fraction of sp³-hybridized carbons (Fsp3) is 0.222. The number of carbonyl (C=O) groups is 1. The second kappa shape index (κ2) is 4.93. The van der Waals surface area contributed by atoms with E-state index in [2.05, 4.69) is 27.9 Å². The Balaban J connectivity index is 2.63. The van der Waals surface area contributed by atoms with Crippen molar-refractivity contribution in [3.63, 3.8) is 0 Å². The summed E-state index contributed by atoms with van der Waals surface area (Å²) in [4.78, 5) is 11.2. The largest absolute Gasteiger partial charge is 0.325 e. The van der Waals surface area contributed by atoms with Gasteiger partial charge in [-0.05, 0) is 46.9 Å². The minimum Gasteiger partial charge on any atom is -0.325 e. The van der Waals surface area contributed by atoms with E-state index >= 15 is 0 Å². The minimum absolute atomic E-state index is 0.487. The van der Waals surface area contributed by atoms with Crippen molar-refractivity contribution in [3.05, 3.63) is 27.8 Å². The minimum atomic E-state index is -3.27. The molecule has 0 heterocycles. The Hall–Kier alpha value is -0.630. The lowest BCUT2D eigenvalue weighted by Crippen LogP contribution is -2.21. The zero-order valence-electron chi connectivity index (χ0n) is 8.03. The number of hydrogen-bond acceptors (Lipinski definition) is 3. The Kier molecular flexibility index (Phi) is 4.09. The van der Waals surface area contributed by atoms with Gasteiger partial charge in [0.05, 0.1) is 0 Å². The van der Waals surface area contributed by atoms with Crippen LogP contribution >= 0.6 is 22.6 Å². The van der Waals surface area contributed by atoms with E-state index in [1.165, 1.54) is 0 Å². The fourth-order valence-corrected chi connectivity index (χ4v) is 1.88. The summed E-state index contributed by atoms with van der Waals surface area (Å²) in [6.45, 7) is 0. The first kappa shape index (κ1) is 12.4. The van der Waals surface area contributed by atoms with E-state index in [0.717, 1.165) is 9.83 Å². The van der Waals surface area contributed by atoms with Gasteiger partial charge in [0, 0.05) is 15.5 Å². The summed E-state index contributed by atoms with van der Waals surface area (Å²) in [7, 11) is -3.27. The molecule has 1 N–H and O–H groups in total. The standard InChI is InChI=1S/C9H10INO3S/c1-15(13,14)6-9(12)11-8-4-2-7(10)3-5-8/h2-5H,6H2,1H3,(H,11,12). The van der Waals surface area contributed by atoms with Crippen molar-refractivity contribution in [1.29, 1.82) is 0 Å². The summed E-state index contributed by atoms with van der Waals surface area (Å²) in [6.07, 6.45) is 1.03. The van der Waals surface area contributed by atoms with Crippen molar-refractivity contribution in [2.45, 2.75) is 0 Å². The van der Waals surface area contributed by atoms with Crippen LogP contribution in [0.5, 0.6) is 0 Å². The molecule has 0 unspecified atom stereocenters. The van der Waals surface area contributed by atoms with Gasteiger partial charge in [0.1, 0.15) is 5.75 Å². The van der Waals surface area contributed by atoms with E-state index in [1.54, 1.807) is 12.1 Å². The van der Waals surface area contributed by atoms with E-state index < -0.39 is 21.5 Å². The first-order chi connectivity index (χ1) is 6.87. The molecule has 0 saturated carbocycles. The van der Waals surface area contributed by atoms with Crippen LogP contribution in [0.3, 0.4) is 0 Å². The quantitative estimate of drug-likeness (QED) is 0.844. The van der Waals surface area contributed by atoms with Gasteiger partial charge in [-0.15, -0.1) is 0 Å². The number of hydrogen-bond donors (Lipinski definition) is 1. The molecular formula is C9H10INO3S. The monoisotopic (exact) mass is 339 g/mol. The number of halogens is 1. The van der Waals surface area contributed by atoms with Crippen LogP contribution in [-0.2, 0) is 14.6 Å². The molecule has 1 aromatic rings. The van der Waals surface area contributed by atoms with Crippen LogP contribution in [0.1, 0.15) is 0 Å². The fourth-order valence-electron chi connectivity index (χ4n) is 0.968. The molecule has 1 aromatic carbocycles. The molecule has 4 nitrogen and oxygen atoms in total. The predicted octanol–water partition coefficient (Wildman–Crippen LogP) is 1.27. The third-order valence-corrected chi connectivity index (χ3v) is 3.03. The number of anilines is 1. The lowest BCUT2D eigenvalue weighted by Gasteiger charge is -2.03. The van der Waals surface area contributed by atoms with Crippen LogP contribution in [-0.4, -0.2) is 26.3 Å². The maximum absolute atomic E-state index is 11.2. The Morgan fingerprint density at radius 2 is 1.87 bits per heavy atom. The molecule has 0 aliphatic rings. The molecule has 0 atom stereocenters. The molecule has 0 aliphatic carbocycles. The van der Waals surface area contributed by atoms with Crippen LogP contribution < -0.4 is 5.32 Å². The first-order valence-corrected chi connectivity index (χ1v) is 7.24. The topological polar surface area (TPSA) is 63.2 Å². The van der Waals surface area contributed by atoms with E-state index in [0.29, 0.717) is 5.69 Å². The second-order valence-corrected chi connectivity index (χ2v) is 6.51. The summed E-state index contributed by atoms with van der Waals surface area (Å²) < 4.78 is 22.7. The Morgan fingerprint density at radius 3 is 2.33 bits per heavy atom. The van der Waals surface area contributed by atoms with Gasteiger partial charge >= 0.3 is 0 Å². The van der Waals surface area contributed by atoms with E-state index in [-0.39, 0.29) is 0 Å². The van der Waals surface area contributed by atoms with Crippen LogP contribution in [0, 0.1) is 3.57 Å². The molecule has 15 heavy (non-hydrogen) atoms. The van der Waals surface area contributed by atoms with Crippen molar-refractivity contribution < 1.29 is 13.2 Å². The van der Waals surface area contributed by atoms with Crippen molar-refractivity contribution in [1.82, 2.24) is 0 Å². The summed E-state index contributed by atoms with van der Waals surface area (Å²) in [5.41, 5.74) is 0.601. The molecule has 0 bridgehead atoms. The van der Waals surface area contributed by atoms with E-state index in [9.17, 15) is 13.2 Å². The van der Waals surface area contributed by atoms with Gasteiger partial charge in [0.2, 0.25) is 5.91 Å². The number of carbonyl (C=O) groups excluding carboxylic acids is 1. The zero-order chi connectivity index (χ0) is 11.5. The number of sulfone groups is 1. The maximum Gasteiger partial charge on any atom is 0.239 e. The Bertz CT molecular complexity index is 453. The van der Waals surface area contributed by atoms with Crippen molar-refractivity contribution in [2.75, 3.05) is 17.3 Å². The molecule has 6 heteroatoms. The van der Waals surface area contributed by atoms with Crippen LogP contribution in [0.15, 0.2) is 24.3 Å². The van der Waals surface area contributed by atoms with Crippen molar-refractivity contribution >= 4 is 44.0 Å². The van der Waals surface area contributed by atoms with Crippen molar-refractivity contribution in [2.24, 2.45) is 0 Å².